The van der Waals surface area contributed by atoms with Crippen LogP contribution in [0.4, 0.5) is 0 Å². The summed E-state index contributed by atoms with van der Waals surface area (Å²) in [4.78, 5) is 14.7. The fourth-order valence-electron chi connectivity index (χ4n) is 2.93. The first-order valence-electron chi connectivity index (χ1n) is 8.10. The number of amides is 1. The van der Waals surface area contributed by atoms with Gasteiger partial charge in [0, 0.05) is 39.8 Å². The van der Waals surface area contributed by atoms with Crippen molar-refractivity contribution < 1.29 is 13.4 Å². The Bertz CT molecular complexity index is 763. The van der Waals surface area contributed by atoms with Gasteiger partial charge in [0.2, 0.25) is 0 Å². The topological polar surface area (TPSA) is 50.5 Å². The van der Waals surface area contributed by atoms with Crippen LogP contribution in [0, 0.1) is 0 Å². The third-order valence-electron chi connectivity index (χ3n) is 4.71. The summed E-state index contributed by atoms with van der Waals surface area (Å²) >= 11 is 0. The van der Waals surface area contributed by atoms with E-state index in [1.165, 1.54) is 5.56 Å². The molecule has 1 aliphatic heterocycles. The van der Waals surface area contributed by atoms with Gasteiger partial charge in [-0.05, 0) is 44.4 Å². The van der Waals surface area contributed by atoms with Crippen molar-refractivity contribution in [2.75, 3.05) is 18.8 Å². The maximum absolute atomic E-state index is 12.9. The zero-order chi connectivity index (χ0) is 16.6. The zero-order valence-electron chi connectivity index (χ0n) is 13.9. The summed E-state index contributed by atoms with van der Waals surface area (Å²) in [6.45, 7) is 7.29. The second-order valence-electron chi connectivity index (χ2n) is 6.68. The van der Waals surface area contributed by atoms with Gasteiger partial charge in [-0.25, -0.2) is 0 Å². The number of rotatable bonds is 2. The molecule has 0 aliphatic carbocycles. The average Bonchev–Trinajstić information content (AvgIpc) is 2.90. The molecule has 0 N–H and O–H groups in total. The highest BCUT2D eigenvalue weighted by Gasteiger charge is 2.32. The van der Waals surface area contributed by atoms with Gasteiger partial charge < -0.3 is 9.32 Å². The van der Waals surface area contributed by atoms with Gasteiger partial charge in [-0.15, -0.1) is 0 Å². The molecule has 2 aromatic rings. The number of hydrogen-bond acceptors (Lipinski definition) is 3. The van der Waals surface area contributed by atoms with Crippen molar-refractivity contribution in [1.29, 1.82) is 0 Å². The summed E-state index contributed by atoms with van der Waals surface area (Å²) in [5.74, 6) is 0.515. The molecule has 1 fully saturated rings. The lowest BCUT2D eigenvalue weighted by Gasteiger charge is -2.22. The Labute approximate surface area is 139 Å². The van der Waals surface area contributed by atoms with Gasteiger partial charge in [0.1, 0.15) is 11.8 Å². The SMILES string of the molecule is CCc1ccc2occ(C(=O)N3CC[S@@](=O)C(C)(C)CC3)c2c1. The van der Waals surface area contributed by atoms with Gasteiger partial charge in [0.15, 0.2) is 0 Å². The van der Waals surface area contributed by atoms with Crippen molar-refractivity contribution in [2.45, 2.75) is 38.4 Å². The lowest BCUT2D eigenvalue weighted by molar-refractivity contribution is 0.0765. The number of carbonyl (C=O) groups excluding carboxylic acids is 1. The maximum atomic E-state index is 12.9. The molecule has 1 saturated heterocycles. The molecule has 0 spiro atoms. The van der Waals surface area contributed by atoms with E-state index in [-0.39, 0.29) is 10.7 Å². The molecule has 23 heavy (non-hydrogen) atoms. The minimum absolute atomic E-state index is 0.0216. The lowest BCUT2D eigenvalue weighted by atomic mass is 10.1. The molecule has 1 aromatic heterocycles. The summed E-state index contributed by atoms with van der Waals surface area (Å²) in [5, 5.41) is 0.874. The van der Waals surface area contributed by atoms with Crippen LogP contribution in [0.1, 0.15) is 43.1 Å². The molecular weight excluding hydrogens is 310 g/mol. The van der Waals surface area contributed by atoms with Crippen LogP contribution in [0.2, 0.25) is 0 Å². The molecule has 124 valence electrons. The smallest absolute Gasteiger partial charge is 0.257 e. The summed E-state index contributed by atoms with van der Waals surface area (Å²) in [5.41, 5.74) is 2.54. The van der Waals surface area contributed by atoms with E-state index in [1.807, 2.05) is 36.9 Å². The van der Waals surface area contributed by atoms with Gasteiger partial charge in [-0.3, -0.25) is 9.00 Å². The molecule has 0 unspecified atom stereocenters. The van der Waals surface area contributed by atoms with Crippen molar-refractivity contribution in [3.63, 3.8) is 0 Å². The molecule has 4 nitrogen and oxygen atoms in total. The minimum atomic E-state index is -0.901. The van der Waals surface area contributed by atoms with Crippen molar-refractivity contribution >= 4 is 27.7 Å². The fraction of sp³-hybridized carbons (Fsp3) is 0.500. The molecule has 0 saturated carbocycles. The van der Waals surface area contributed by atoms with Crippen LogP contribution in [0.3, 0.4) is 0 Å². The molecule has 0 radical (unpaired) electrons. The Kier molecular flexibility index (Phi) is 4.32. The van der Waals surface area contributed by atoms with Crippen molar-refractivity contribution in [3.05, 3.63) is 35.6 Å². The molecule has 2 heterocycles. The molecule has 5 heteroatoms. The van der Waals surface area contributed by atoms with E-state index in [0.717, 1.165) is 23.8 Å². The van der Waals surface area contributed by atoms with Gasteiger partial charge in [-0.1, -0.05) is 13.0 Å². The first-order chi connectivity index (χ1) is 10.9. The third kappa shape index (κ3) is 3.07. The molecule has 1 aromatic carbocycles. The number of furan rings is 1. The van der Waals surface area contributed by atoms with Crippen LogP contribution >= 0.6 is 0 Å². The van der Waals surface area contributed by atoms with Crippen LogP contribution in [0.15, 0.2) is 28.9 Å². The van der Waals surface area contributed by atoms with E-state index >= 15 is 0 Å². The normalized spacial score (nSPS) is 21.3. The summed E-state index contributed by atoms with van der Waals surface area (Å²) in [6.07, 6.45) is 3.23. The van der Waals surface area contributed by atoms with E-state index in [2.05, 4.69) is 6.92 Å². The Morgan fingerprint density at radius 3 is 2.87 bits per heavy atom. The van der Waals surface area contributed by atoms with Crippen LogP contribution in [0.25, 0.3) is 11.0 Å². The van der Waals surface area contributed by atoms with E-state index in [9.17, 15) is 9.00 Å². The first kappa shape index (κ1) is 16.2. The first-order valence-corrected chi connectivity index (χ1v) is 9.42. The predicted molar refractivity (Wildman–Crippen MR) is 93.2 cm³/mol. The Morgan fingerprint density at radius 1 is 1.35 bits per heavy atom. The van der Waals surface area contributed by atoms with Crippen molar-refractivity contribution in [2.24, 2.45) is 0 Å². The minimum Gasteiger partial charge on any atom is -0.463 e. The molecular formula is C18H23NO3S. The molecule has 1 atom stereocenters. The van der Waals surface area contributed by atoms with Crippen molar-refractivity contribution in [3.8, 4) is 0 Å². The Morgan fingerprint density at radius 2 is 2.13 bits per heavy atom. The van der Waals surface area contributed by atoms with E-state index < -0.39 is 10.8 Å². The summed E-state index contributed by atoms with van der Waals surface area (Å²) in [6, 6.07) is 5.98. The van der Waals surface area contributed by atoms with Gasteiger partial charge in [-0.2, -0.15) is 0 Å². The largest absolute Gasteiger partial charge is 0.463 e. The highest BCUT2D eigenvalue weighted by molar-refractivity contribution is 7.86. The molecule has 0 bridgehead atoms. The molecule has 1 amide bonds. The van der Waals surface area contributed by atoms with Crippen LogP contribution in [-0.4, -0.2) is 38.6 Å². The molecule has 1 aliphatic rings. The summed E-state index contributed by atoms with van der Waals surface area (Å²) in [7, 11) is -0.901. The van der Waals surface area contributed by atoms with Gasteiger partial charge >= 0.3 is 0 Å². The standard InChI is InChI=1S/C18H23NO3S/c1-4-13-5-6-16-14(11-13)15(12-22-16)17(20)19-8-7-18(2,3)23(21)10-9-19/h5-6,11-12H,4,7-10H2,1-3H3/t23-/m1/s1. The second kappa shape index (κ2) is 6.11. The predicted octanol–water partition coefficient (Wildman–Crippen LogP) is 3.37. The van der Waals surface area contributed by atoms with Gasteiger partial charge in [0.05, 0.1) is 5.56 Å². The van der Waals surface area contributed by atoms with E-state index in [4.69, 9.17) is 4.42 Å². The average molecular weight is 333 g/mol. The Balaban J connectivity index is 1.90. The Hall–Kier alpha value is -1.62. The van der Waals surface area contributed by atoms with Crippen LogP contribution < -0.4 is 0 Å². The summed E-state index contributed by atoms with van der Waals surface area (Å²) < 4.78 is 17.6. The lowest BCUT2D eigenvalue weighted by Crippen LogP contribution is -2.33. The van der Waals surface area contributed by atoms with Gasteiger partial charge in [0.25, 0.3) is 5.91 Å². The number of carbonyl (C=O) groups is 1. The number of aryl methyl sites for hydroxylation is 1. The van der Waals surface area contributed by atoms with E-state index in [0.29, 0.717) is 24.4 Å². The monoisotopic (exact) mass is 333 g/mol. The number of fused-ring (bicyclic) bond motifs is 1. The zero-order valence-corrected chi connectivity index (χ0v) is 14.7. The third-order valence-corrected chi connectivity index (χ3v) is 6.70. The molecule has 3 rings (SSSR count). The second-order valence-corrected chi connectivity index (χ2v) is 8.89. The fourth-order valence-corrected chi connectivity index (χ4v) is 4.19. The highest BCUT2D eigenvalue weighted by atomic mass is 32.2. The van der Waals surface area contributed by atoms with Crippen LogP contribution in [0.5, 0.6) is 0 Å². The van der Waals surface area contributed by atoms with Crippen LogP contribution in [-0.2, 0) is 17.2 Å². The quantitative estimate of drug-likeness (QED) is 0.847. The number of hydrogen-bond donors (Lipinski definition) is 0. The maximum Gasteiger partial charge on any atom is 0.257 e. The number of benzene rings is 1. The number of nitrogens with zero attached hydrogens (tertiary/aromatic N) is 1. The van der Waals surface area contributed by atoms with E-state index in [1.54, 1.807) is 6.26 Å². The highest BCUT2D eigenvalue weighted by Crippen LogP contribution is 2.27. The van der Waals surface area contributed by atoms with Crippen molar-refractivity contribution in [1.82, 2.24) is 4.90 Å².